The summed E-state index contributed by atoms with van der Waals surface area (Å²) in [6, 6.07) is 24.4. The van der Waals surface area contributed by atoms with Crippen LogP contribution < -0.4 is 9.80 Å². The summed E-state index contributed by atoms with van der Waals surface area (Å²) in [5.41, 5.74) is 4.37. The van der Waals surface area contributed by atoms with E-state index in [1.165, 1.54) is 0 Å². The minimum absolute atomic E-state index is 0.140. The van der Waals surface area contributed by atoms with E-state index in [1.54, 1.807) is 34.1 Å². The molecule has 0 unspecified atom stereocenters. The number of carbonyl (C=O) groups excluding carboxylic acids is 3. The van der Waals surface area contributed by atoms with E-state index in [0.29, 0.717) is 18.7 Å². The number of hydrogen-bond donors (Lipinski definition) is 0. The number of Topliss-reactive ketones (excluding diaryl/α,β-unsaturated/α-hetero) is 1. The first-order chi connectivity index (χ1) is 15.6. The lowest BCUT2D eigenvalue weighted by atomic mass is 9.95. The number of nitrogens with zero attached hydrogens (tertiary/aromatic N) is 2. The largest absolute Gasteiger partial charge is 0.311 e. The van der Waals surface area contributed by atoms with E-state index in [4.69, 9.17) is 0 Å². The number of benzene rings is 3. The standard InChI is InChI=1S/C27H24N2O3/c30-25(21-10-2-1-3-11-21)18-22(26(31)28-16-14-19-8-4-6-12-23(19)28)27(32)29-17-15-20-9-5-7-13-24(20)29/h1-13,22H,14-18H2. The van der Waals surface area contributed by atoms with Gasteiger partial charge in [-0.05, 0) is 36.1 Å². The van der Waals surface area contributed by atoms with Gasteiger partial charge in [0.25, 0.3) is 0 Å². The van der Waals surface area contributed by atoms with Crippen molar-refractivity contribution < 1.29 is 14.4 Å². The van der Waals surface area contributed by atoms with Gasteiger partial charge in [-0.25, -0.2) is 0 Å². The highest BCUT2D eigenvalue weighted by atomic mass is 16.2. The van der Waals surface area contributed by atoms with Gasteiger partial charge < -0.3 is 9.80 Å². The number of ketones is 1. The van der Waals surface area contributed by atoms with E-state index in [9.17, 15) is 14.4 Å². The Morgan fingerprint density at radius 3 is 1.66 bits per heavy atom. The molecule has 0 saturated carbocycles. The highest BCUT2D eigenvalue weighted by molar-refractivity contribution is 6.16. The first-order valence-corrected chi connectivity index (χ1v) is 11.0. The number of carbonyl (C=O) groups is 3. The molecule has 0 saturated heterocycles. The topological polar surface area (TPSA) is 57.7 Å². The number of hydrogen-bond acceptors (Lipinski definition) is 3. The molecule has 0 radical (unpaired) electrons. The third-order valence-electron chi connectivity index (χ3n) is 6.39. The van der Waals surface area contributed by atoms with Crippen molar-refractivity contribution in [3.05, 3.63) is 95.6 Å². The fraction of sp³-hybridized carbons (Fsp3) is 0.222. The second-order valence-electron chi connectivity index (χ2n) is 8.28. The predicted molar refractivity (Wildman–Crippen MR) is 124 cm³/mol. The summed E-state index contributed by atoms with van der Waals surface area (Å²) in [4.78, 5) is 43.8. The van der Waals surface area contributed by atoms with Crippen molar-refractivity contribution in [2.75, 3.05) is 22.9 Å². The van der Waals surface area contributed by atoms with Crippen LogP contribution in [0.4, 0.5) is 11.4 Å². The number of anilines is 2. The van der Waals surface area contributed by atoms with E-state index in [-0.39, 0.29) is 24.0 Å². The zero-order valence-corrected chi connectivity index (χ0v) is 17.7. The lowest BCUT2D eigenvalue weighted by molar-refractivity contribution is -0.132. The van der Waals surface area contributed by atoms with Crippen molar-refractivity contribution in [1.29, 1.82) is 0 Å². The van der Waals surface area contributed by atoms with Crippen LogP contribution >= 0.6 is 0 Å². The van der Waals surface area contributed by atoms with Gasteiger partial charge >= 0.3 is 0 Å². The zero-order valence-electron chi connectivity index (χ0n) is 17.7. The zero-order chi connectivity index (χ0) is 22.1. The van der Waals surface area contributed by atoms with Gasteiger partial charge in [0.1, 0.15) is 5.92 Å². The Balaban J connectivity index is 1.47. The van der Waals surface area contributed by atoms with Gasteiger partial charge in [0.05, 0.1) is 0 Å². The average Bonchev–Trinajstić information content (AvgIpc) is 3.47. The summed E-state index contributed by atoms with van der Waals surface area (Å²) in [7, 11) is 0. The van der Waals surface area contributed by atoms with Crippen LogP contribution in [0, 0.1) is 5.92 Å². The van der Waals surface area contributed by atoms with Crippen LogP contribution in [0.25, 0.3) is 0 Å². The van der Waals surface area contributed by atoms with Crippen LogP contribution in [-0.4, -0.2) is 30.7 Å². The minimum atomic E-state index is -1.06. The fourth-order valence-electron chi connectivity index (χ4n) is 4.72. The predicted octanol–water partition coefficient (Wildman–Crippen LogP) is 4.05. The summed E-state index contributed by atoms with van der Waals surface area (Å²) >= 11 is 0. The summed E-state index contributed by atoms with van der Waals surface area (Å²) in [5, 5.41) is 0. The average molecular weight is 425 g/mol. The third kappa shape index (κ3) is 3.60. The Labute approximate surface area is 187 Å². The van der Waals surface area contributed by atoms with E-state index < -0.39 is 5.92 Å². The highest BCUT2D eigenvalue weighted by Crippen LogP contribution is 2.33. The quantitative estimate of drug-likeness (QED) is 0.459. The van der Waals surface area contributed by atoms with Gasteiger partial charge in [-0.2, -0.15) is 0 Å². The monoisotopic (exact) mass is 424 g/mol. The maximum Gasteiger partial charge on any atom is 0.240 e. The number of rotatable bonds is 5. The van der Waals surface area contributed by atoms with Crippen LogP contribution in [0.3, 0.4) is 0 Å². The van der Waals surface area contributed by atoms with Crippen LogP contribution in [0.5, 0.6) is 0 Å². The van der Waals surface area contributed by atoms with E-state index in [0.717, 1.165) is 35.3 Å². The Morgan fingerprint density at radius 2 is 1.12 bits per heavy atom. The van der Waals surface area contributed by atoms with E-state index in [1.807, 2.05) is 54.6 Å². The molecule has 32 heavy (non-hydrogen) atoms. The van der Waals surface area contributed by atoms with Crippen LogP contribution in [0.2, 0.25) is 0 Å². The van der Waals surface area contributed by atoms with Gasteiger partial charge in [-0.3, -0.25) is 14.4 Å². The first-order valence-electron chi connectivity index (χ1n) is 11.0. The second-order valence-corrected chi connectivity index (χ2v) is 8.28. The van der Waals surface area contributed by atoms with Crippen molar-refractivity contribution in [2.24, 2.45) is 5.92 Å². The maximum atomic E-state index is 13.7. The molecule has 5 heteroatoms. The molecule has 5 rings (SSSR count). The second kappa shape index (κ2) is 8.42. The van der Waals surface area contributed by atoms with Gasteiger partial charge in [-0.15, -0.1) is 0 Å². The summed E-state index contributed by atoms with van der Waals surface area (Å²) in [5.74, 6) is -1.85. The highest BCUT2D eigenvalue weighted by Gasteiger charge is 2.39. The van der Waals surface area contributed by atoms with Crippen LogP contribution in [0.1, 0.15) is 27.9 Å². The van der Waals surface area contributed by atoms with Crippen molar-refractivity contribution in [3.8, 4) is 0 Å². The molecule has 0 aromatic heterocycles. The van der Waals surface area contributed by atoms with Gasteiger partial charge in [0.2, 0.25) is 11.8 Å². The van der Waals surface area contributed by atoms with Crippen LogP contribution in [0.15, 0.2) is 78.9 Å². The van der Waals surface area contributed by atoms with Gasteiger partial charge in [0, 0.05) is 36.4 Å². The lowest BCUT2D eigenvalue weighted by Crippen LogP contribution is -2.45. The molecule has 0 aliphatic carbocycles. The molecule has 3 aromatic carbocycles. The number of amides is 2. The van der Waals surface area contributed by atoms with Gasteiger partial charge in [-0.1, -0.05) is 66.7 Å². The summed E-state index contributed by atoms with van der Waals surface area (Å²) < 4.78 is 0. The molecule has 2 aliphatic heterocycles. The minimum Gasteiger partial charge on any atom is -0.311 e. The molecule has 160 valence electrons. The molecular weight excluding hydrogens is 400 g/mol. The molecule has 2 amide bonds. The Hall–Kier alpha value is -3.73. The molecule has 0 fully saturated rings. The van der Waals surface area contributed by atoms with Crippen molar-refractivity contribution in [3.63, 3.8) is 0 Å². The fourth-order valence-corrected chi connectivity index (χ4v) is 4.72. The lowest BCUT2D eigenvalue weighted by Gasteiger charge is -2.27. The Bertz CT molecular complexity index is 1120. The molecule has 0 atom stereocenters. The summed E-state index contributed by atoms with van der Waals surface area (Å²) in [6.07, 6.45) is 1.36. The molecule has 0 spiro atoms. The summed E-state index contributed by atoms with van der Waals surface area (Å²) in [6.45, 7) is 1.05. The molecular formula is C27H24N2O3. The maximum absolute atomic E-state index is 13.7. The SMILES string of the molecule is O=C(CC(C(=O)N1CCc2ccccc21)C(=O)N1CCc2ccccc21)c1ccccc1. The van der Waals surface area contributed by atoms with E-state index in [2.05, 4.69) is 0 Å². The first kappa shape index (κ1) is 20.2. The molecule has 3 aromatic rings. The molecule has 2 aliphatic rings. The van der Waals surface area contributed by atoms with Gasteiger partial charge in [0.15, 0.2) is 5.78 Å². The third-order valence-corrected chi connectivity index (χ3v) is 6.39. The normalized spacial score (nSPS) is 14.4. The van der Waals surface area contributed by atoms with Crippen molar-refractivity contribution >= 4 is 29.0 Å². The number of para-hydroxylation sites is 2. The number of fused-ring (bicyclic) bond motifs is 2. The van der Waals surface area contributed by atoms with Crippen molar-refractivity contribution in [2.45, 2.75) is 19.3 Å². The molecule has 2 heterocycles. The van der Waals surface area contributed by atoms with Crippen LogP contribution in [-0.2, 0) is 22.4 Å². The molecule has 0 N–H and O–H groups in total. The molecule has 5 nitrogen and oxygen atoms in total. The Morgan fingerprint density at radius 1 is 0.656 bits per heavy atom. The smallest absolute Gasteiger partial charge is 0.240 e. The molecule has 0 bridgehead atoms. The van der Waals surface area contributed by atoms with Crippen molar-refractivity contribution in [1.82, 2.24) is 0 Å². The Kier molecular flexibility index (Phi) is 5.31. The van der Waals surface area contributed by atoms with E-state index >= 15 is 0 Å².